The van der Waals surface area contributed by atoms with E-state index in [-0.39, 0.29) is 36.0 Å². The summed E-state index contributed by atoms with van der Waals surface area (Å²) >= 11 is 0. The molecular weight excluding hydrogens is 421 g/mol. The zero-order valence-corrected chi connectivity index (χ0v) is 18.6. The van der Waals surface area contributed by atoms with Gasteiger partial charge in [0.05, 0.1) is 6.42 Å². The Morgan fingerprint density at radius 3 is 2.39 bits per heavy atom. The first-order chi connectivity index (χ1) is 16.0. The Hall–Kier alpha value is -3.22. The molecule has 2 aromatic carbocycles. The van der Waals surface area contributed by atoms with Crippen molar-refractivity contribution in [3.05, 3.63) is 71.0 Å². The standard InChI is InChI=1S/C26H28FN3O3/c27-20-9-7-18(8-10-20)16-24(31)29-13-3-6-23(29)26(33)28-14-11-21(12-15-28)30-17-19-4-1-2-5-22(19)25(30)32/h1-2,4-5,7-10,21,23H,3,6,11-17H2. The largest absolute Gasteiger partial charge is 0.341 e. The number of carbonyl (C=O) groups excluding carboxylic acids is 3. The molecule has 7 heteroatoms. The SMILES string of the molecule is O=C(C1CCCN1C(=O)Cc1ccc(F)cc1)N1CCC(N2Cc3ccccc3C2=O)CC1. The van der Waals surface area contributed by atoms with Crippen molar-refractivity contribution in [1.82, 2.24) is 14.7 Å². The fraction of sp³-hybridized carbons (Fsp3) is 0.423. The normalized spacial score (nSPS) is 20.9. The zero-order chi connectivity index (χ0) is 22.9. The van der Waals surface area contributed by atoms with Gasteiger partial charge in [0.25, 0.3) is 5.91 Å². The van der Waals surface area contributed by atoms with E-state index in [9.17, 15) is 18.8 Å². The third-order valence-electron chi connectivity index (χ3n) is 7.19. The molecule has 3 aliphatic rings. The van der Waals surface area contributed by atoms with Crippen molar-refractivity contribution in [3.8, 4) is 0 Å². The number of hydrogen-bond acceptors (Lipinski definition) is 3. The maximum absolute atomic E-state index is 13.3. The molecular formula is C26H28FN3O3. The van der Waals surface area contributed by atoms with Crippen LogP contribution in [0.3, 0.4) is 0 Å². The molecule has 6 nitrogen and oxygen atoms in total. The van der Waals surface area contributed by atoms with Crippen molar-refractivity contribution in [1.29, 1.82) is 0 Å². The Bertz CT molecular complexity index is 1060. The predicted molar refractivity (Wildman–Crippen MR) is 121 cm³/mol. The van der Waals surface area contributed by atoms with Crippen molar-refractivity contribution in [2.24, 2.45) is 0 Å². The average Bonchev–Trinajstić information content (AvgIpc) is 3.46. The molecule has 3 aliphatic heterocycles. The Balaban J connectivity index is 1.18. The molecule has 0 N–H and O–H groups in total. The number of piperidine rings is 1. The maximum atomic E-state index is 13.3. The van der Waals surface area contributed by atoms with Gasteiger partial charge in [-0.3, -0.25) is 14.4 Å². The second-order valence-corrected chi connectivity index (χ2v) is 9.20. The van der Waals surface area contributed by atoms with E-state index >= 15 is 0 Å². The van der Waals surface area contributed by atoms with E-state index in [1.54, 1.807) is 17.0 Å². The van der Waals surface area contributed by atoms with Gasteiger partial charge in [0.2, 0.25) is 11.8 Å². The molecule has 0 aliphatic carbocycles. The molecule has 0 bridgehead atoms. The zero-order valence-electron chi connectivity index (χ0n) is 18.6. The van der Waals surface area contributed by atoms with Crippen LogP contribution in [-0.4, -0.2) is 64.1 Å². The van der Waals surface area contributed by atoms with Crippen LogP contribution in [0.1, 0.15) is 47.2 Å². The smallest absolute Gasteiger partial charge is 0.254 e. The quantitative estimate of drug-likeness (QED) is 0.721. The predicted octanol–water partition coefficient (Wildman–Crippen LogP) is 3.01. The van der Waals surface area contributed by atoms with Crippen LogP contribution in [0.5, 0.6) is 0 Å². The van der Waals surface area contributed by atoms with Gasteiger partial charge < -0.3 is 14.7 Å². The van der Waals surface area contributed by atoms with Crippen molar-refractivity contribution in [3.63, 3.8) is 0 Å². The van der Waals surface area contributed by atoms with Gasteiger partial charge >= 0.3 is 0 Å². The fourth-order valence-corrected chi connectivity index (χ4v) is 5.38. The second-order valence-electron chi connectivity index (χ2n) is 9.20. The number of nitrogens with zero attached hydrogens (tertiary/aromatic N) is 3. The molecule has 2 saturated heterocycles. The van der Waals surface area contributed by atoms with Gasteiger partial charge in [-0.05, 0) is 55.0 Å². The summed E-state index contributed by atoms with van der Waals surface area (Å²) in [6, 6.07) is 13.4. The van der Waals surface area contributed by atoms with Gasteiger partial charge in [-0.25, -0.2) is 4.39 Å². The lowest BCUT2D eigenvalue weighted by Gasteiger charge is -2.38. The number of hydrogen-bond donors (Lipinski definition) is 0. The van der Waals surface area contributed by atoms with Gasteiger partial charge in [-0.15, -0.1) is 0 Å². The molecule has 5 rings (SSSR count). The van der Waals surface area contributed by atoms with Gasteiger partial charge in [0.1, 0.15) is 11.9 Å². The maximum Gasteiger partial charge on any atom is 0.254 e. The highest BCUT2D eigenvalue weighted by Crippen LogP contribution is 2.29. The first-order valence-corrected chi connectivity index (χ1v) is 11.7. The van der Waals surface area contributed by atoms with E-state index in [0.717, 1.165) is 36.0 Å². The van der Waals surface area contributed by atoms with Crippen LogP contribution in [0.25, 0.3) is 0 Å². The molecule has 172 valence electrons. The highest BCUT2D eigenvalue weighted by Gasteiger charge is 2.39. The topological polar surface area (TPSA) is 60.9 Å². The summed E-state index contributed by atoms with van der Waals surface area (Å²) in [5.74, 6) is -0.325. The van der Waals surface area contributed by atoms with Crippen LogP contribution < -0.4 is 0 Å². The van der Waals surface area contributed by atoms with Crippen molar-refractivity contribution >= 4 is 17.7 Å². The lowest BCUT2D eigenvalue weighted by molar-refractivity contribution is -0.144. The summed E-state index contributed by atoms with van der Waals surface area (Å²) in [7, 11) is 0. The van der Waals surface area contributed by atoms with Gasteiger partial charge in [-0.1, -0.05) is 30.3 Å². The average molecular weight is 450 g/mol. The summed E-state index contributed by atoms with van der Waals surface area (Å²) in [5.41, 5.74) is 2.61. The summed E-state index contributed by atoms with van der Waals surface area (Å²) < 4.78 is 13.1. The van der Waals surface area contributed by atoms with Crippen LogP contribution in [0.15, 0.2) is 48.5 Å². The van der Waals surface area contributed by atoms with Crippen LogP contribution in [0.4, 0.5) is 4.39 Å². The summed E-state index contributed by atoms with van der Waals surface area (Å²) in [6.45, 7) is 2.41. The molecule has 1 atom stereocenters. The number of likely N-dealkylation sites (tertiary alicyclic amines) is 2. The van der Waals surface area contributed by atoms with E-state index in [2.05, 4.69) is 0 Å². The van der Waals surface area contributed by atoms with Gasteiger partial charge in [0, 0.05) is 37.8 Å². The van der Waals surface area contributed by atoms with Crippen LogP contribution in [0.2, 0.25) is 0 Å². The Labute approximate surface area is 193 Å². The van der Waals surface area contributed by atoms with Gasteiger partial charge in [-0.2, -0.15) is 0 Å². The number of rotatable bonds is 4. The van der Waals surface area contributed by atoms with E-state index in [1.807, 2.05) is 34.1 Å². The number of amides is 3. The number of carbonyl (C=O) groups is 3. The minimum atomic E-state index is -0.424. The fourth-order valence-electron chi connectivity index (χ4n) is 5.38. The lowest BCUT2D eigenvalue weighted by Crippen LogP contribution is -2.52. The summed E-state index contributed by atoms with van der Waals surface area (Å²) in [4.78, 5) is 44.5. The van der Waals surface area contributed by atoms with Crippen molar-refractivity contribution < 1.29 is 18.8 Å². The molecule has 2 fully saturated rings. The summed E-state index contributed by atoms with van der Waals surface area (Å²) in [5, 5.41) is 0. The Kier molecular flexibility index (Phi) is 5.87. The van der Waals surface area contributed by atoms with Crippen molar-refractivity contribution in [2.75, 3.05) is 19.6 Å². The van der Waals surface area contributed by atoms with Crippen molar-refractivity contribution in [2.45, 2.75) is 50.7 Å². The molecule has 3 amide bonds. The molecule has 2 aromatic rings. The molecule has 0 aromatic heterocycles. The Morgan fingerprint density at radius 2 is 1.67 bits per heavy atom. The van der Waals surface area contributed by atoms with E-state index < -0.39 is 6.04 Å². The van der Waals surface area contributed by atoms with Crippen LogP contribution in [0, 0.1) is 5.82 Å². The third-order valence-corrected chi connectivity index (χ3v) is 7.19. The van der Waals surface area contributed by atoms with Gasteiger partial charge in [0.15, 0.2) is 0 Å². The van der Waals surface area contributed by atoms with Crippen LogP contribution in [-0.2, 0) is 22.6 Å². The minimum absolute atomic E-state index is 0.00874. The van der Waals surface area contributed by atoms with Crippen LogP contribution >= 0.6 is 0 Å². The number of halogens is 1. The molecule has 0 saturated carbocycles. The second kappa shape index (κ2) is 8.96. The van der Waals surface area contributed by atoms with E-state index in [4.69, 9.17) is 0 Å². The third kappa shape index (κ3) is 4.24. The van der Waals surface area contributed by atoms with E-state index in [1.165, 1.54) is 12.1 Å². The highest BCUT2D eigenvalue weighted by molar-refractivity contribution is 5.98. The number of fused-ring (bicyclic) bond motifs is 1. The number of benzene rings is 2. The molecule has 1 unspecified atom stereocenters. The first kappa shape index (κ1) is 21.6. The monoisotopic (exact) mass is 449 g/mol. The molecule has 33 heavy (non-hydrogen) atoms. The minimum Gasteiger partial charge on any atom is -0.341 e. The van der Waals surface area contributed by atoms with E-state index in [0.29, 0.717) is 32.6 Å². The first-order valence-electron chi connectivity index (χ1n) is 11.7. The lowest BCUT2D eigenvalue weighted by atomic mass is 10.0. The molecule has 3 heterocycles. The molecule has 0 spiro atoms. The Morgan fingerprint density at radius 1 is 0.939 bits per heavy atom. The molecule has 0 radical (unpaired) electrons. The highest BCUT2D eigenvalue weighted by atomic mass is 19.1. The summed E-state index contributed by atoms with van der Waals surface area (Å²) in [6.07, 6.45) is 3.16.